The Bertz CT molecular complexity index is 918. The minimum Gasteiger partial charge on any atom is -0.225 e. The van der Waals surface area contributed by atoms with Crippen molar-refractivity contribution in [3.63, 3.8) is 0 Å². The molecule has 2 rings (SSSR count). The summed E-state index contributed by atoms with van der Waals surface area (Å²) in [5.74, 6) is -1.50. The molecule has 0 radical (unpaired) electrons. The van der Waals surface area contributed by atoms with Crippen molar-refractivity contribution >= 4 is 41.4 Å². The highest BCUT2D eigenvalue weighted by atomic mass is 35.7. The zero-order valence-electron chi connectivity index (χ0n) is 11.1. The lowest BCUT2D eigenvalue weighted by Crippen LogP contribution is -2.13. The van der Waals surface area contributed by atoms with Crippen molar-refractivity contribution in [1.29, 1.82) is 0 Å². The molecule has 0 bridgehead atoms. The van der Waals surface area contributed by atoms with Crippen LogP contribution in [0.1, 0.15) is 0 Å². The molecule has 2 aromatic carbocycles. The van der Waals surface area contributed by atoms with Gasteiger partial charge in [0.15, 0.2) is 0 Å². The number of benzene rings is 2. The molecule has 5 nitrogen and oxygen atoms in total. The molecule has 0 aliphatic rings. The first-order valence-corrected chi connectivity index (χ1v) is 9.83. The maximum absolute atomic E-state index is 12.6. The second-order valence-electron chi connectivity index (χ2n) is 3.99. The number of rotatable bonds is 2. The number of halogens is 4. The van der Waals surface area contributed by atoms with Crippen LogP contribution < -0.4 is 5.14 Å². The number of nitrogens with two attached hydrogens (primary N) is 1. The van der Waals surface area contributed by atoms with Gasteiger partial charge in [-0.15, -0.1) is 0 Å². The average Bonchev–Trinajstić information content (AvgIpc) is 2.40. The summed E-state index contributed by atoms with van der Waals surface area (Å²) in [5, 5.41) is 4.42. The highest BCUT2D eigenvalue weighted by Gasteiger charge is 2.12. The molecule has 0 unspecified atom stereocenters. The van der Waals surface area contributed by atoms with Crippen LogP contribution >= 0.6 is 22.3 Å². The minimum absolute atomic E-state index is 0.212. The summed E-state index contributed by atoms with van der Waals surface area (Å²) >= 11 is 5.32. The van der Waals surface area contributed by atoms with Crippen LogP contribution in [0, 0.1) is 11.6 Å². The molecule has 2 aromatic rings. The molecule has 0 aliphatic carbocycles. The largest absolute Gasteiger partial charge is 0.261 e. The van der Waals surface area contributed by atoms with Crippen molar-refractivity contribution in [1.82, 2.24) is 0 Å². The lowest BCUT2D eigenvalue weighted by atomic mass is 10.3. The van der Waals surface area contributed by atoms with Crippen LogP contribution in [0.4, 0.5) is 8.78 Å². The summed E-state index contributed by atoms with van der Waals surface area (Å²) in [6.45, 7) is 0. The first-order valence-electron chi connectivity index (χ1n) is 5.60. The fourth-order valence-corrected chi connectivity index (χ4v) is 2.93. The van der Waals surface area contributed by atoms with Crippen LogP contribution in [-0.2, 0) is 19.1 Å². The predicted molar refractivity (Wildman–Crippen MR) is 82.2 cm³/mol. The molecule has 0 fully saturated rings. The van der Waals surface area contributed by atoms with E-state index in [9.17, 15) is 25.6 Å². The molecule has 23 heavy (non-hydrogen) atoms. The van der Waals surface area contributed by atoms with Gasteiger partial charge in [0.2, 0.25) is 10.0 Å². The summed E-state index contributed by atoms with van der Waals surface area (Å²) in [6, 6.07) is 7.90. The fraction of sp³-hybridized carbons (Fsp3) is 0. The molecule has 0 aliphatic heterocycles. The number of hydrogen-bond donors (Lipinski definition) is 1. The van der Waals surface area contributed by atoms with Crippen molar-refractivity contribution in [2.75, 3.05) is 0 Å². The molecule has 0 saturated heterocycles. The molecule has 0 saturated carbocycles. The van der Waals surface area contributed by atoms with E-state index in [1.54, 1.807) is 0 Å². The molecule has 0 aromatic heterocycles. The molecule has 0 atom stereocenters. The molecular weight excluding hydrogens is 395 g/mol. The van der Waals surface area contributed by atoms with E-state index in [0.29, 0.717) is 0 Å². The van der Waals surface area contributed by atoms with Gasteiger partial charge >= 0.3 is 0 Å². The van der Waals surface area contributed by atoms with Gasteiger partial charge in [0.05, 0.1) is 9.92 Å². The Morgan fingerprint density at radius 2 is 1.48 bits per heavy atom. The Labute approximate surface area is 141 Å². The molecule has 2 N–H and O–H groups in total. The summed E-state index contributed by atoms with van der Waals surface area (Å²) in [5.41, 5.74) is 0. The highest BCUT2D eigenvalue weighted by Crippen LogP contribution is 2.21. The summed E-state index contributed by atoms with van der Waals surface area (Å²) in [7, 11) is -2.76. The van der Waals surface area contributed by atoms with E-state index in [4.69, 9.17) is 22.3 Å². The predicted octanol–water partition coefficient (Wildman–Crippen LogP) is 2.88. The Hall–Kier alpha value is -1.26. The monoisotopic (exact) mass is 403 g/mol. The van der Waals surface area contributed by atoms with E-state index < -0.39 is 35.6 Å². The molecule has 0 spiro atoms. The summed E-state index contributed by atoms with van der Waals surface area (Å²) in [4.78, 5) is -0.685. The van der Waals surface area contributed by atoms with Gasteiger partial charge in [-0.1, -0.05) is 23.7 Å². The van der Waals surface area contributed by atoms with Gasteiger partial charge in [-0.3, -0.25) is 0 Å². The van der Waals surface area contributed by atoms with Crippen molar-refractivity contribution in [3.05, 3.63) is 59.1 Å². The van der Waals surface area contributed by atoms with E-state index >= 15 is 0 Å². The van der Waals surface area contributed by atoms with Gasteiger partial charge in [-0.25, -0.2) is 30.8 Å². The van der Waals surface area contributed by atoms with E-state index in [2.05, 4.69) is 5.14 Å². The zero-order valence-corrected chi connectivity index (χ0v) is 14.2. The molecule has 0 heterocycles. The molecular formula is C12H9Cl2F2NO4S2. The van der Waals surface area contributed by atoms with Gasteiger partial charge in [0, 0.05) is 10.7 Å². The maximum Gasteiger partial charge on any atom is 0.261 e. The third-order valence-electron chi connectivity index (χ3n) is 2.32. The lowest BCUT2D eigenvalue weighted by Gasteiger charge is -1.97. The van der Waals surface area contributed by atoms with Gasteiger partial charge in [-0.05, 0) is 30.3 Å². The molecule has 11 heteroatoms. The van der Waals surface area contributed by atoms with E-state index in [1.165, 1.54) is 12.1 Å². The minimum atomic E-state index is -3.91. The molecule has 126 valence electrons. The third-order valence-corrected chi connectivity index (χ3v) is 4.90. The Kier molecular flexibility index (Phi) is 6.49. The standard InChI is InChI=1S/C6H3Cl2FO2S.C6H6FNO2S/c7-5-3-4(12(8,10)11)1-2-6(5)9;7-5-3-1-2-4-6(5)11(8,9)10/h1-3H;1-4H,(H2,8,9,10). The van der Waals surface area contributed by atoms with Crippen molar-refractivity contribution < 1.29 is 25.6 Å². The Morgan fingerprint density at radius 3 is 1.87 bits per heavy atom. The topological polar surface area (TPSA) is 94.3 Å². The Morgan fingerprint density at radius 1 is 0.913 bits per heavy atom. The molecule has 0 amide bonds. The third kappa shape index (κ3) is 6.04. The second kappa shape index (κ2) is 7.54. The Balaban J connectivity index is 0.000000231. The fourth-order valence-electron chi connectivity index (χ4n) is 1.30. The first-order chi connectivity index (χ1) is 10.4. The smallest absolute Gasteiger partial charge is 0.225 e. The van der Waals surface area contributed by atoms with Crippen LogP contribution in [0.25, 0.3) is 0 Å². The summed E-state index contributed by atoms with van der Waals surface area (Å²) in [6.07, 6.45) is 0. The van der Waals surface area contributed by atoms with Crippen molar-refractivity contribution in [2.24, 2.45) is 5.14 Å². The van der Waals surface area contributed by atoms with Gasteiger partial charge < -0.3 is 0 Å². The number of sulfonamides is 1. The maximum atomic E-state index is 12.6. The van der Waals surface area contributed by atoms with Crippen LogP contribution in [0.5, 0.6) is 0 Å². The lowest BCUT2D eigenvalue weighted by molar-refractivity contribution is 0.568. The van der Waals surface area contributed by atoms with Crippen molar-refractivity contribution in [2.45, 2.75) is 9.79 Å². The van der Waals surface area contributed by atoms with Crippen LogP contribution in [0.3, 0.4) is 0 Å². The summed E-state index contributed by atoms with van der Waals surface area (Å²) < 4.78 is 67.7. The van der Waals surface area contributed by atoms with E-state index in [1.807, 2.05) is 0 Å². The first kappa shape index (κ1) is 19.8. The second-order valence-corrected chi connectivity index (χ2v) is 8.49. The number of primary sulfonamides is 1. The zero-order chi connectivity index (χ0) is 17.8. The van der Waals surface area contributed by atoms with Crippen LogP contribution in [-0.4, -0.2) is 16.8 Å². The SMILES string of the molecule is NS(=O)(=O)c1ccccc1F.O=S(=O)(Cl)c1ccc(F)c(Cl)c1. The quantitative estimate of drug-likeness (QED) is 0.779. The van der Waals surface area contributed by atoms with Gasteiger partial charge in [-0.2, -0.15) is 0 Å². The van der Waals surface area contributed by atoms with Crippen molar-refractivity contribution in [3.8, 4) is 0 Å². The number of hydrogen-bond acceptors (Lipinski definition) is 4. The van der Waals surface area contributed by atoms with Crippen LogP contribution in [0.2, 0.25) is 5.02 Å². The normalized spacial score (nSPS) is 11.5. The average molecular weight is 404 g/mol. The van der Waals surface area contributed by atoms with E-state index in [0.717, 1.165) is 30.3 Å². The van der Waals surface area contributed by atoms with Crippen LogP contribution in [0.15, 0.2) is 52.3 Å². The van der Waals surface area contributed by atoms with Gasteiger partial charge in [0.1, 0.15) is 16.5 Å². The van der Waals surface area contributed by atoms with Gasteiger partial charge in [0.25, 0.3) is 9.05 Å². The van der Waals surface area contributed by atoms with E-state index in [-0.39, 0.29) is 9.92 Å². The highest BCUT2D eigenvalue weighted by molar-refractivity contribution is 8.13.